The summed E-state index contributed by atoms with van der Waals surface area (Å²) < 4.78 is 26.2. The maximum atomic E-state index is 12.4. The molecule has 110 valence electrons. The van der Waals surface area contributed by atoms with Crippen LogP contribution in [-0.2, 0) is 10.0 Å². The Bertz CT molecular complexity index is 583. The molecule has 0 fully saturated rings. The fraction of sp³-hybridized carbons (Fsp3) is 0.429. The van der Waals surface area contributed by atoms with Gasteiger partial charge < -0.3 is 10.8 Å². The molecule has 0 bridgehead atoms. The van der Waals surface area contributed by atoms with Crippen molar-refractivity contribution in [3.8, 4) is 11.8 Å². The van der Waals surface area contributed by atoms with Crippen molar-refractivity contribution in [3.63, 3.8) is 0 Å². The molecule has 0 atom stereocenters. The van der Waals surface area contributed by atoms with Gasteiger partial charge in [-0.25, -0.2) is 8.42 Å². The number of nitrogens with two attached hydrogens (primary N) is 1. The minimum Gasteiger partial charge on any atom is -0.395 e. The number of hydrogen-bond donors (Lipinski definition) is 2. The third-order valence-electron chi connectivity index (χ3n) is 2.69. The van der Waals surface area contributed by atoms with Gasteiger partial charge in [-0.3, -0.25) is 0 Å². The maximum Gasteiger partial charge on any atom is 0.243 e. The Morgan fingerprint density at radius 3 is 2.35 bits per heavy atom. The molecule has 0 aliphatic heterocycles. The summed E-state index contributed by atoms with van der Waals surface area (Å²) in [5, 5.41) is 9.00. The van der Waals surface area contributed by atoms with E-state index in [0.29, 0.717) is 5.56 Å². The zero-order valence-corrected chi connectivity index (χ0v) is 12.5. The lowest BCUT2D eigenvalue weighted by atomic mass is 10.2. The van der Waals surface area contributed by atoms with Crippen LogP contribution in [0.25, 0.3) is 0 Å². The minimum absolute atomic E-state index is 0.0781. The van der Waals surface area contributed by atoms with Crippen LogP contribution in [0.1, 0.15) is 19.4 Å². The summed E-state index contributed by atoms with van der Waals surface area (Å²) in [6.45, 7) is 3.67. The molecule has 1 aromatic carbocycles. The summed E-state index contributed by atoms with van der Waals surface area (Å²) in [4.78, 5) is 0.193. The van der Waals surface area contributed by atoms with Crippen LogP contribution >= 0.6 is 0 Å². The van der Waals surface area contributed by atoms with Crippen molar-refractivity contribution >= 4 is 10.0 Å². The molecular formula is C14H20N2O3S. The van der Waals surface area contributed by atoms with E-state index >= 15 is 0 Å². The van der Waals surface area contributed by atoms with Gasteiger partial charge in [0.15, 0.2) is 0 Å². The largest absolute Gasteiger partial charge is 0.395 e. The number of rotatable bonds is 5. The fourth-order valence-corrected chi connectivity index (χ4v) is 3.38. The zero-order chi connectivity index (χ0) is 15.2. The molecule has 0 amide bonds. The van der Waals surface area contributed by atoms with E-state index in [1.165, 1.54) is 16.4 Å². The molecule has 0 saturated carbocycles. The molecule has 1 aromatic rings. The molecule has 0 aliphatic carbocycles. The van der Waals surface area contributed by atoms with E-state index in [-0.39, 0.29) is 30.6 Å². The highest BCUT2D eigenvalue weighted by molar-refractivity contribution is 7.89. The van der Waals surface area contributed by atoms with Crippen molar-refractivity contribution in [2.75, 3.05) is 19.7 Å². The van der Waals surface area contributed by atoms with E-state index in [4.69, 9.17) is 10.8 Å². The molecule has 3 N–H and O–H groups in total. The summed E-state index contributed by atoms with van der Waals surface area (Å²) in [6, 6.07) is 6.11. The number of aliphatic hydroxyl groups excluding tert-OH is 1. The first-order valence-corrected chi connectivity index (χ1v) is 7.79. The predicted octanol–water partition coefficient (Wildman–Crippen LogP) is 0.388. The van der Waals surface area contributed by atoms with Gasteiger partial charge >= 0.3 is 0 Å². The van der Waals surface area contributed by atoms with Crippen molar-refractivity contribution in [1.82, 2.24) is 4.31 Å². The number of hydrogen-bond acceptors (Lipinski definition) is 4. The van der Waals surface area contributed by atoms with Crippen LogP contribution in [0.2, 0.25) is 0 Å². The summed E-state index contributed by atoms with van der Waals surface area (Å²) in [5.41, 5.74) is 6.00. The van der Waals surface area contributed by atoms with Crippen molar-refractivity contribution in [2.24, 2.45) is 5.73 Å². The quantitative estimate of drug-likeness (QED) is 0.770. The molecule has 0 saturated heterocycles. The zero-order valence-electron chi connectivity index (χ0n) is 11.7. The van der Waals surface area contributed by atoms with Gasteiger partial charge in [0.25, 0.3) is 0 Å². The van der Waals surface area contributed by atoms with Gasteiger partial charge in [0.1, 0.15) is 0 Å². The van der Waals surface area contributed by atoms with Crippen LogP contribution in [0.3, 0.4) is 0 Å². The van der Waals surface area contributed by atoms with Crippen molar-refractivity contribution in [1.29, 1.82) is 0 Å². The Morgan fingerprint density at radius 2 is 1.90 bits per heavy atom. The van der Waals surface area contributed by atoms with E-state index < -0.39 is 10.0 Å². The van der Waals surface area contributed by atoms with E-state index in [1.54, 1.807) is 26.0 Å². The second-order valence-electron chi connectivity index (χ2n) is 4.46. The average molecular weight is 296 g/mol. The molecule has 0 aliphatic rings. The van der Waals surface area contributed by atoms with Gasteiger partial charge in [0, 0.05) is 18.2 Å². The second kappa shape index (κ2) is 7.41. The number of benzene rings is 1. The Hall–Kier alpha value is -1.39. The van der Waals surface area contributed by atoms with E-state index in [2.05, 4.69) is 11.8 Å². The lowest BCUT2D eigenvalue weighted by Gasteiger charge is -2.25. The highest BCUT2D eigenvalue weighted by Crippen LogP contribution is 2.18. The minimum atomic E-state index is -3.60. The van der Waals surface area contributed by atoms with E-state index in [9.17, 15) is 8.42 Å². The molecule has 1 rings (SSSR count). The fourth-order valence-electron chi connectivity index (χ4n) is 1.75. The Labute approximate surface area is 120 Å². The maximum absolute atomic E-state index is 12.4. The Kier molecular flexibility index (Phi) is 6.17. The first-order chi connectivity index (χ1) is 9.43. The lowest BCUT2D eigenvalue weighted by molar-refractivity contribution is 0.236. The molecule has 20 heavy (non-hydrogen) atoms. The van der Waals surface area contributed by atoms with Crippen molar-refractivity contribution in [2.45, 2.75) is 24.8 Å². The molecule has 0 spiro atoms. The summed E-state index contributed by atoms with van der Waals surface area (Å²) in [6.07, 6.45) is 0. The summed E-state index contributed by atoms with van der Waals surface area (Å²) in [7, 11) is -3.60. The second-order valence-corrected chi connectivity index (χ2v) is 6.35. The predicted molar refractivity (Wildman–Crippen MR) is 78.5 cm³/mol. The first-order valence-electron chi connectivity index (χ1n) is 6.35. The normalized spacial score (nSPS) is 11.5. The first kappa shape index (κ1) is 16.7. The standard InChI is InChI=1S/C14H20N2O3S/c1-12(2)16(10-11-17)20(18,19)14-7-5-13(6-8-14)4-3-9-15/h5-8,12,17H,9-11,15H2,1-2H3. The third-order valence-corrected chi connectivity index (χ3v) is 4.78. The monoisotopic (exact) mass is 296 g/mol. The Balaban J connectivity index is 3.08. The summed E-state index contributed by atoms with van der Waals surface area (Å²) in [5.74, 6) is 5.55. The lowest BCUT2D eigenvalue weighted by Crippen LogP contribution is -2.38. The Morgan fingerprint density at radius 1 is 1.30 bits per heavy atom. The number of nitrogens with zero attached hydrogens (tertiary/aromatic N) is 1. The van der Waals surface area contributed by atoms with Crippen LogP contribution in [0.5, 0.6) is 0 Å². The number of sulfonamides is 1. The van der Waals surface area contributed by atoms with E-state index in [1.807, 2.05) is 0 Å². The summed E-state index contributed by atoms with van der Waals surface area (Å²) >= 11 is 0. The van der Waals surface area contributed by atoms with Gasteiger partial charge in [-0.1, -0.05) is 11.8 Å². The van der Waals surface area contributed by atoms with Crippen LogP contribution in [0.15, 0.2) is 29.2 Å². The van der Waals surface area contributed by atoms with Crippen LogP contribution in [0.4, 0.5) is 0 Å². The van der Waals surface area contributed by atoms with Crippen LogP contribution < -0.4 is 5.73 Å². The topological polar surface area (TPSA) is 83.6 Å². The highest BCUT2D eigenvalue weighted by Gasteiger charge is 2.26. The van der Waals surface area contributed by atoms with Crippen LogP contribution in [-0.4, -0.2) is 43.6 Å². The number of aliphatic hydroxyl groups is 1. The van der Waals surface area contributed by atoms with Gasteiger partial charge in [-0.2, -0.15) is 4.31 Å². The molecule has 5 nitrogen and oxygen atoms in total. The molecule has 0 radical (unpaired) electrons. The highest BCUT2D eigenvalue weighted by atomic mass is 32.2. The van der Waals surface area contributed by atoms with Gasteiger partial charge in [-0.05, 0) is 38.1 Å². The third kappa shape index (κ3) is 4.05. The smallest absolute Gasteiger partial charge is 0.243 e. The molecule has 0 aromatic heterocycles. The molecule has 6 heteroatoms. The van der Waals surface area contributed by atoms with Crippen molar-refractivity contribution in [3.05, 3.63) is 29.8 Å². The molecule has 0 heterocycles. The van der Waals surface area contributed by atoms with Crippen molar-refractivity contribution < 1.29 is 13.5 Å². The van der Waals surface area contributed by atoms with Gasteiger partial charge in [0.05, 0.1) is 18.0 Å². The van der Waals surface area contributed by atoms with E-state index in [0.717, 1.165) is 0 Å². The van der Waals surface area contributed by atoms with Crippen LogP contribution in [0, 0.1) is 11.8 Å². The molecule has 0 unspecified atom stereocenters. The van der Waals surface area contributed by atoms with Gasteiger partial charge in [0.2, 0.25) is 10.0 Å². The average Bonchev–Trinajstić information content (AvgIpc) is 2.42. The van der Waals surface area contributed by atoms with Gasteiger partial charge in [-0.15, -0.1) is 0 Å². The molecular weight excluding hydrogens is 276 g/mol. The SMILES string of the molecule is CC(C)N(CCO)S(=O)(=O)c1ccc(C#CCN)cc1.